The van der Waals surface area contributed by atoms with E-state index in [1.54, 1.807) is 7.11 Å². The van der Waals surface area contributed by atoms with Gasteiger partial charge in [-0.2, -0.15) is 0 Å². The van der Waals surface area contributed by atoms with Crippen LogP contribution >= 0.6 is 0 Å². The molecule has 0 aliphatic heterocycles. The lowest BCUT2D eigenvalue weighted by molar-refractivity contribution is -0.138. The van der Waals surface area contributed by atoms with E-state index in [1.807, 2.05) is 24.3 Å². The zero-order chi connectivity index (χ0) is 10.8. The molecular weight excluding hydrogens is 192 g/mol. The highest BCUT2D eigenvalue weighted by atomic mass is 16.5. The van der Waals surface area contributed by atoms with Gasteiger partial charge in [0.1, 0.15) is 5.75 Å². The van der Waals surface area contributed by atoms with E-state index in [0.29, 0.717) is 5.92 Å². The van der Waals surface area contributed by atoms with Crippen molar-refractivity contribution in [2.45, 2.75) is 12.8 Å². The normalized spacial score (nSPS) is 23.5. The predicted molar refractivity (Wildman–Crippen MR) is 55.9 cm³/mol. The molecule has 0 bridgehead atoms. The number of rotatable bonds is 4. The van der Waals surface area contributed by atoms with Crippen molar-refractivity contribution in [3.63, 3.8) is 0 Å². The summed E-state index contributed by atoms with van der Waals surface area (Å²) in [7, 11) is 1.64. The number of carboxylic acid groups (broad SMARTS) is 1. The average molecular weight is 206 g/mol. The van der Waals surface area contributed by atoms with Crippen LogP contribution in [0.5, 0.6) is 5.75 Å². The lowest BCUT2D eigenvalue weighted by atomic mass is 10.1. The van der Waals surface area contributed by atoms with Crippen molar-refractivity contribution in [3.05, 3.63) is 29.8 Å². The molecule has 2 rings (SSSR count). The van der Waals surface area contributed by atoms with Crippen molar-refractivity contribution in [1.29, 1.82) is 0 Å². The number of hydrogen-bond donors (Lipinski definition) is 1. The average Bonchev–Trinajstić information content (AvgIpc) is 2.98. The highest BCUT2D eigenvalue weighted by Crippen LogP contribution is 2.41. The minimum absolute atomic E-state index is 0.118. The predicted octanol–water partition coefficient (Wildman–Crippen LogP) is 1.96. The van der Waals surface area contributed by atoms with E-state index in [9.17, 15) is 4.79 Å². The van der Waals surface area contributed by atoms with Crippen LogP contribution in [0.15, 0.2) is 24.3 Å². The van der Waals surface area contributed by atoms with Crippen molar-refractivity contribution in [3.8, 4) is 5.75 Å². The topological polar surface area (TPSA) is 46.5 Å². The molecule has 0 aromatic heterocycles. The van der Waals surface area contributed by atoms with Crippen LogP contribution in [0.25, 0.3) is 0 Å². The summed E-state index contributed by atoms with van der Waals surface area (Å²) in [4.78, 5) is 10.6. The van der Waals surface area contributed by atoms with Gasteiger partial charge in [-0.15, -0.1) is 0 Å². The van der Waals surface area contributed by atoms with Gasteiger partial charge in [0, 0.05) is 0 Å². The van der Waals surface area contributed by atoms with Gasteiger partial charge in [-0.1, -0.05) is 12.1 Å². The first kappa shape index (κ1) is 10.0. The number of ether oxygens (including phenoxy) is 1. The maximum atomic E-state index is 10.6. The smallest absolute Gasteiger partial charge is 0.306 e. The first-order chi connectivity index (χ1) is 7.20. The van der Waals surface area contributed by atoms with E-state index in [0.717, 1.165) is 18.6 Å². The second-order valence-electron chi connectivity index (χ2n) is 3.99. The monoisotopic (exact) mass is 206 g/mol. The Morgan fingerprint density at radius 1 is 1.47 bits per heavy atom. The summed E-state index contributed by atoms with van der Waals surface area (Å²) in [5.74, 6) is 0.390. The van der Waals surface area contributed by atoms with E-state index in [1.165, 1.54) is 5.56 Å². The molecule has 1 fully saturated rings. The van der Waals surface area contributed by atoms with Gasteiger partial charge in [0.2, 0.25) is 0 Å². The Morgan fingerprint density at radius 3 is 2.60 bits per heavy atom. The molecule has 3 nitrogen and oxygen atoms in total. The van der Waals surface area contributed by atoms with Gasteiger partial charge >= 0.3 is 5.97 Å². The number of carboxylic acids is 1. The fraction of sp³-hybridized carbons (Fsp3) is 0.417. The third kappa shape index (κ3) is 2.29. The minimum atomic E-state index is -0.659. The highest BCUT2D eigenvalue weighted by Gasteiger charge is 2.42. The van der Waals surface area contributed by atoms with Crippen molar-refractivity contribution in [2.24, 2.45) is 11.8 Å². The van der Waals surface area contributed by atoms with E-state index in [4.69, 9.17) is 9.84 Å². The Balaban J connectivity index is 1.92. The summed E-state index contributed by atoms with van der Waals surface area (Å²) in [6.07, 6.45) is 1.68. The number of hydrogen-bond acceptors (Lipinski definition) is 2. The Morgan fingerprint density at radius 2 is 2.13 bits per heavy atom. The fourth-order valence-electron chi connectivity index (χ4n) is 1.84. The Kier molecular flexibility index (Phi) is 2.62. The van der Waals surface area contributed by atoms with Crippen molar-refractivity contribution in [2.75, 3.05) is 7.11 Å². The van der Waals surface area contributed by atoms with Crippen LogP contribution < -0.4 is 4.74 Å². The quantitative estimate of drug-likeness (QED) is 0.819. The van der Waals surface area contributed by atoms with Gasteiger partial charge in [-0.05, 0) is 36.5 Å². The molecule has 1 aliphatic carbocycles. The number of benzene rings is 1. The minimum Gasteiger partial charge on any atom is -0.497 e. The third-order valence-electron chi connectivity index (χ3n) is 2.90. The van der Waals surface area contributed by atoms with Crippen LogP contribution in [0, 0.1) is 11.8 Å². The summed E-state index contributed by atoms with van der Waals surface area (Å²) >= 11 is 0. The van der Waals surface area contributed by atoms with Crippen LogP contribution in [0.3, 0.4) is 0 Å². The van der Waals surface area contributed by atoms with E-state index >= 15 is 0 Å². The molecule has 1 aromatic carbocycles. The van der Waals surface area contributed by atoms with Gasteiger partial charge in [0.05, 0.1) is 13.0 Å². The van der Waals surface area contributed by atoms with Gasteiger partial charge in [0.15, 0.2) is 0 Å². The summed E-state index contributed by atoms with van der Waals surface area (Å²) in [5, 5.41) is 8.76. The first-order valence-electron chi connectivity index (χ1n) is 5.06. The van der Waals surface area contributed by atoms with E-state index in [2.05, 4.69) is 0 Å². The molecule has 0 radical (unpaired) electrons. The summed E-state index contributed by atoms with van der Waals surface area (Å²) < 4.78 is 5.06. The van der Waals surface area contributed by atoms with Crippen molar-refractivity contribution < 1.29 is 14.6 Å². The molecule has 1 N–H and O–H groups in total. The molecule has 1 aliphatic rings. The lowest BCUT2D eigenvalue weighted by Gasteiger charge is -2.02. The number of aliphatic carboxylic acids is 1. The number of carbonyl (C=O) groups is 1. The second kappa shape index (κ2) is 3.93. The second-order valence-corrected chi connectivity index (χ2v) is 3.99. The van der Waals surface area contributed by atoms with Crippen LogP contribution in [0.2, 0.25) is 0 Å². The first-order valence-corrected chi connectivity index (χ1v) is 5.06. The molecule has 0 amide bonds. The van der Waals surface area contributed by atoms with Gasteiger partial charge in [-0.25, -0.2) is 0 Å². The zero-order valence-electron chi connectivity index (χ0n) is 8.64. The highest BCUT2D eigenvalue weighted by molar-refractivity contribution is 5.73. The van der Waals surface area contributed by atoms with Crippen LogP contribution in [-0.2, 0) is 11.2 Å². The van der Waals surface area contributed by atoms with Gasteiger partial charge in [0.25, 0.3) is 0 Å². The molecule has 2 atom stereocenters. The molecule has 1 saturated carbocycles. The van der Waals surface area contributed by atoms with Crippen LogP contribution in [0.4, 0.5) is 0 Å². The molecule has 3 heteroatoms. The largest absolute Gasteiger partial charge is 0.497 e. The molecule has 0 unspecified atom stereocenters. The van der Waals surface area contributed by atoms with E-state index < -0.39 is 5.97 Å². The van der Waals surface area contributed by atoms with Gasteiger partial charge < -0.3 is 9.84 Å². The SMILES string of the molecule is COc1ccc(C[C@@H]2C[C@H]2C(=O)O)cc1. The van der Waals surface area contributed by atoms with Crippen molar-refractivity contribution >= 4 is 5.97 Å². The summed E-state index contributed by atoms with van der Waals surface area (Å²) in [5.41, 5.74) is 1.18. The molecular formula is C12H14O3. The summed E-state index contributed by atoms with van der Waals surface area (Å²) in [6, 6.07) is 7.81. The molecule has 0 heterocycles. The maximum Gasteiger partial charge on any atom is 0.306 e. The molecule has 1 aromatic rings. The zero-order valence-corrected chi connectivity index (χ0v) is 8.64. The fourth-order valence-corrected chi connectivity index (χ4v) is 1.84. The lowest BCUT2D eigenvalue weighted by Crippen LogP contribution is -2.01. The Labute approximate surface area is 88.7 Å². The summed E-state index contributed by atoms with van der Waals surface area (Å²) in [6.45, 7) is 0. The maximum absolute atomic E-state index is 10.6. The molecule has 0 saturated heterocycles. The Hall–Kier alpha value is -1.51. The molecule has 80 valence electrons. The number of methoxy groups -OCH3 is 1. The molecule has 0 spiro atoms. The standard InChI is InChI=1S/C12H14O3/c1-15-10-4-2-8(3-5-10)6-9-7-11(9)12(13)14/h2-5,9,11H,6-7H2,1H3,(H,13,14)/t9-,11-/m1/s1. The van der Waals surface area contributed by atoms with Crippen molar-refractivity contribution in [1.82, 2.24) is 0 Å². The molecule has 15 heavy (non-hydrogen) atoms. The van der Waals surface area contributed by atoms with E-state index in [-0.39, 0.29) is 5.92 Å². The van der Waals surface area contributed by atoms with Crippen LogP contribution in [0.1, 0.15) is 12.0 Å². The van der Waals surface area contributed by atoms with Crippen LogP contribution in [-0.4, -0.2) is 18.2 Å². The third-order valence-corrected chi connectivity index (χ3v) is 2.90. The Bertz CT molecular complexity index is 356. The van der Waals surface area contributed by atoms with Gasteiger partial charge in [-0.3, -0.25) is 4.79 Å².